The van der Waals surface area contributed by atoms with Gasteiger partial charge >= 0.3 is 11.9 Å². The lowest BCUT2D eigenvalue weighted by Gasteiger charge is -2.19. The van der Waals surface area contributed by atoms with Crippen LogP contribution in [0.3, 0.4) is 0 Å². The Morgan fingerprint density at radius 3 is 1.57 bits per heavy atom. The molecule has 0 saturated carbocycles. The van der Waals surface area contributed by atoms with E-state index in [1.54, 1.807) is 20.8 Å². The van der Waals surface area contributed by atoms with Crippen LogP contribution in [0.4, 0.5) is 0 Å². The minimum absolute atomic E-state index is 0.178. The van der Waals surface area contributed by atoms with E-state index in [0.717, 1.165) is 25.7 Å². The number of aliphatic carboxylic acids is 2. The van der Waals surface area contributed by atoms with E-state index in [0.29, 0.717) is 11.8 Å². The highest BCUT2D eigenvalue weighted by Crippen LogP contribution is 2.24. The van der Waals surface area contributed by atoms with Crippen molar-refractivity contribution in [2.45, 2.75) is 74.1 Å². The van der Waals surface area contributed by atoms with Crippen LogP contribution < -0.4 is 0 Å². The summed E-state index contributed by atoms with van der Waals surface area (Å²) in [5.74, 6) is -0.350. The van der Waals surface area contributed by atoms with Gasteiger partial charge in [0.25, 0.3) is 0 Å². The van der Waals surface area contributed by atoms with Gasteiger partial charge in [-0.15, -0.1) is 0 Å². The van der Waals surface area contributed by atoms with E-state index in [-0.39, 0.29) is 5.92 Å². The second-order valence-electron chi connectivity index (χ2n) is 7.33. The van der Waals surface area contributed by atoms with Gasteiger partial charge in [0.15, 0.2) is 0 Å². The Hall–Kier alpha value is -1.06. The molecule has 1 atom stereocenters. The molecule has 0 aliphatic carbocycles. The van der Waals surface area contributed by atoms with Crippen LogP contribution in [0.25, 0.3) is 0 Å². The van der Waals surface area contributed by atoms with Crippen molar-refractivity contribution in [3.63, 3.8) is 0 Å². The predicted molar refractivity (Wildman–Crippen MR) is 86.4 cm³/mol. The zero-order valence-electron chi connectivity index (χ0n) is 14.8. The molecule has 0 aromatic rings. The Morgan fingerprint density at radius 1 is 0.857 bits per heavy atom. The maximum absolute atomic E-state index is 10.6. The summed E-state index contributed by atoms with van der Waals surface area (Å²) in [4.78, 5) is 20.9. The van der Waals surface area contributed by atoms with Crippen molar-refractivity contribution in [2.75, 3.05) is 0 Å². The Morgan fingerprint density at radius 2 is 1.29 bits per heavy atom. The van der Waals surface area contributed by atoms with E-state index in [9.17, 15) is 9.59 Å². The molecule has 4 heteroatoms. The largest absolute Gasteiger partial charge is 0.481 e. The molecule has 0 rings (SSSR count). The highest BCUT2D eigenvalue weighted by molar-refractivity contribution is 5.73. The van der Waals surface area contributed by atoms with E-state index in [2.05, 4.69) is 27.7 Å². The molecule has 0 aliphatic rings. The molecule has 0 amide bonds. The van der Waals surface area contributed by atoms with Crippen LogP contribution in [0.5, 0.6) is 0 Å². The summed E-state index contributed by atoms with van der Waals surface area (Å²) in [6.45, 7) is 13.7. The first-order valence-corrected chi connectivity index (χ1v) is 7.86. The van der Waals surface area contributed by atoms with E-state index in [4.69, 9.17) is 10.2 Å². The maximum Gasteiger partial charge on any atom is 0.309 e. The van der Waals surface area contributed by atoms with Crippen molar-refractivity contribution in [1.29, 1.82) is 0 Å². The van der Waals surface area contributed by atoms with E-state index in [1.807, 2.05) is 0 Å². The van der Waals surface area contributed by atoms with Crippen molar-refractivity contribution < 1.29 is 19.8 Å². The summed E-state index contributed by atoms with van der Waals surface area (Å²) in [6.07, 6.45) is 3.56. The molecule has 2 N–H and O–H groups in total. The molecule has 0 radical (unpaired) electrons. The highest BCUT2D eigenvalue weighted by atomic mass is 16.4. The molecular formula is C17H34O4. The second kappa shape index (κ2) is 10.6. The topological polar surface area (TPSA) is 74.6 Å². The standard InChI is InChI=1S/C9H18O2.C8H16O2/c1-7(2)5-6-9(3,4)8(10)11;1-6(2)4-5-7(3)8(9)10/h7H,5-6H2,1-4H3,(H,10,11);6-7H,4-5H2,1-3H3,(H,9,10). The fraction of sp³-hybridized carbons (Fsp3) is 0.882. The van der Waals surface area contributed by atoms with Crippen LogP contribution in [-0.4, -0.2) is 22.2 Å². The van der Waals surface area contributed by atoms with Gasteiger partial charge < -0.3 is 10.2 Å². The molecule has 0 fully saturated rings. The summed E-state index contributed by atoms with van der Waals surface area (Å²) in [6, 6.07) is 0. The minimum atomic E-state index is -0.696. The lowest BCUT2D eigenvalue weighted by atomic mass is 9.86. The van der Waals surface area contributed by atoms with Crippen LogP contribution >= 0.6 is 0 Å². The fourth-order valence-electron chi connectivity index (χ4n) is 1.46. The van der Waals surface area contributed by atoms with Crippen molar-refractivity contribution in [1.82, 2.24) is 0 Å². The van der Waals surface area contributed by atoms with Gasteiger partial charge in [0.2, 0.25) is 0 Å². The number of carboxylic acid groups (broad SMARTS) is 2. The first kappa shape index (κ1) is 22.2. The van der Waals surface area contributed by atoms with Crippen molar-refractivity contribution in [3.8, 4) is 0 Å². The number of carbonyl (C=O) groups is 2. The monoisotopic (exact) mass is 302 g/mol. The first-order valence-electron chi connectivity index (χ1n) is 7.86. The molecule has 0 aliphatic heterocycles. The van der Waals surface area contributed by atoms with Crippen LogP contribution in [0.2, 0.25) is 0 Å². The van der Waals surface area contributed by atoms with Gasteiger partial charge in [-0.2, -0.15) is 0 Å². The number of hydrogen-bond acceptors (Lipinski definition) is 2. The second-order valence-corrected chi connectivity index (χ2v) is 7.33. The minimum Gasteiger partial charge on any atom is -0.481 e. The molecule has 0 heterocycles. The molecule has 0 aromatic carbocycles. The van der Waals surface area contributed by atoms with Crippen LogP contribution in [-0.2, 0) is 9.59 Å². The number of carboxylic acids is 2. The average molecular weight is 302 g/mol. The van der Waals surface area contributed by atoms with Gasteiger partial charge in [-0.1, -0.05) is 41.0 Å². The molecule has 0 aromatic heterocycles. The van der Waals surface area contributed by atoms with Crippen LogP contribution in [0, 0.1) is 23.2 Å². The molecule has 0 bridgehead atoms. The summed E-state index contributed by atoms with van der Waals surface area (Å²) in [7, 11) is 0. The average Bonchev–Trinajstić information content (AvgIpc) is 2.34. The Bertz CT molecular complexity index is 306. The summed E-state index contributed by atoms with van der Waals surface area (Å²) in [5, 5.41) is 17.2. The smallest absolute Gasteiger partial charge is 0.309 e. The quantitative estimate of drug-likeness (QED) is 0.683. The number of rotatable bonds is 8. The third-order valence-corrected chi connectivity index (χ3v) is 3.52. The highest BCUT2D eigenvalue weighted by Gasteiger charge is 2.26. The zero-order chi connectivity index (χ0) is 17.2. The SMILES string of the molecule is CC(C)CCC(C)(C)C(=O)O.CC(C)CCC(C)C(=O)O. The van der Waals surface area contributed by atoms with Gasteiger partial charge in [0.05, 0.1) is 11.3 Å². The maximum atomic E-state index is 10.6. The third kappa shape index (κ3) is 13.7. The Kier molecular flexibility index (Phi) is 11.3. The molecule has 0 spiro atoms. The normalized spacial score (nSPS) is 12.8. The van der Waals surface area contributed by atoms with Crippen molar-refractivity contribution in [2.24, 2.45) is 23.2 Å². The van der Waals surface area contributed by atoms with Crippen LogP contribution in [0.1, 0.15) is 74.1 Å². The molecule has 21 heavy (non-hydrogen) atoms. The third-order valence-electron chi connectivity index (χ3n) is 3.52. The Balaban J connectivity index is 0. The van der Waals surface area contributed by atoms with Crippen LogP contribution in [0.15, 0.2) is 0 Å². The summed E-state index contributed by atoms with van der Waals surface area (Å²) in [5.41, 5.74) is -0.551. The molecular weight excluding hydrogens is 268 g/mol. The van der Waals surface area contributed by atoms with E-state index >= 15 is 0 Å². The van der Waals surface area contributed by atoms with Gasteiger partial charge in [0.1, 0.15) is 0 Å². The molecule has 4 nitrogen and oxygen atoms in total. The molecule has 0 saturated heterocycles. The van der Waals surface area contributed by atoms with E-state index < -0.39 is 17.4 Å². The van der Waals surface area contributed by atoms with Gasteiger partial charge in [0, 0.05) is 0 Å². The van der Waals surface area contributed by atoms with Crippen molar-refractivity contribution >= 4 is 11.9 Å². The fourth-order valence-corrected chi connectivity index (χ4v) is 1.46. The predicted octanol–water partition coefficient (Wildman–Crippen LogP) is 4.68. The Labute approximate surface area is 129 Å². The molecule has 1 unspecified atom stereocenters. The first-order chi connectivity index (χ1) is 9.40. The van der Waals surface area contributed by atoms with Gasteiger partial charge in [-0.05, 0) is 44.9 Å². The molecule has 126 valence electrons. The summed E-state index contributed by atoms with van der Waals surface area (Å²) >= 11 is 0. The lowest BCUT2D eigenvalue weighted by Crippen LogP contribution is -2.23. The summed E-state index contributed by atoms with van der Waals surface area (Å²) < 4.78 is 0. The van der Waals surface area contributed by atoms with Gasteiger partial charge in [-0.25, -0.2) is 0 Å². The number of hydrogen-bond donors (Lipinski definition) is 2. The van der Waals surface area contributed by atoms with E-state index in [1.165, 1.54) is 0 Å². The zero-order valence-corrected chi connectivity index (χ0v) is 14.8. The van der Waals surface area contributed by atoms with Gasteiger partial charge in [-0.3, -0.25) is 9.59 Å². The van der Waals surface area contributed by atoms with Crippen molar-refractivity contribution in [3.05, 3.63) is 0 Å². The lowest BCUT2D eigenvalue weighted by molar-refractivity contribution is -0.147.